The Hall–Kier alpha value is -0.600. The summed E-state index contributed by atoms with van der Waals surface area (Å²) in [6.45, 7) is 2.09. The van der Waals surface area contributed by atoms with Gasteiger partial charge in [0.15, 0.2) is 6.29 Å². The summed E-state index contributed by atoms with van der Waals surface area (Å²) in [6, 6.07) is 0. The van der Waals surface area contributed by atoms with Crippen molar-refractivity contribution >= 4 is 0 Å². The minimum atomic E-state index is -1.10. The van der Waals surface area contributed by atoms with E-state index in [2.05, 4.69) is 31.2 Å². The average molecular weight is 306 g/mol. The first-order valence-corrected chi connectivity index (χ1v) is 9.40. The molecule has 126 valence electrons. The van der Waals surface area contributed by atoms with Crippen molar-refractivity contribution in [1.82, 2.24) is 0 Å². The Kier molecular flexibility index (Phi) is 7.68. The van der Waals surface area contributed by atoms with E-state index in [1.165, 1.54) is 38.5 Å². The first-order chi connectivity index (χ1) is 10.7. The fraction of sp³-hybridized carbons (Fsp3) is 0.800. The molecule has 4 bridgehead atoms. The van der Waals surface area contributed by atoms with Gasteiger partial charge in [0.25, 0.3) is 0 Å². The van der Waals surface area contributed by atoms with Crippen LogP contribution < -0.4 is 0 Å². The minimum absolute atomic E-state index is 0.522. The molecular weight excluding hydrogens is 272 g/mol. The topological polar surface area (TPSA) is 40.5 Å². The number of rotatable bonds is 4. The number of hydrogen-bond donors (Lipinski definition) is 2. The smallest absolute Gasteiger partial charge is 0.151 e. The van der Waals surface area contributed by atoms with Gasteiger partial charge in [0.1, 0.15) is 0 Å². The molecule has 0 aromatic rings. The van der Waals surface area contributed by atoms with Gasteiger partial charge in [0.2, 0.25) is 0 Å². The maximum absolute atomic E-state index is 8.33. The molecular formula is C20H34O2. The van der Waals surface area contributed by atoms with E-state index >= 15 is 0 Å². The van der Waals surface area contributed by atoms with Crippen molar-refractivity contribution in [3.05, 3.63) is 24.3 Å². The molecule has 0 aromatic heterocycles. The monoisotopic (exact) mass is 306 g/mol. The van der Waals surface area contributed by atoms with Gasteiger partial charge < -0.3 is 10.2 Å². The molecule has 4 atom stereocenters. The fourth-order valence-electron chi connectivity index (χ4n) is 4.01. The van der Waals surface area contributed by atoms with E-state index in [1.807, 2.05) is 0 Å². The van der Waals surface area contributed by atoms with Crippen LogP contribution >= 0.6 is 0 Å². The minimum Gasteiger partial charge on any atom is -0.368 e. The second-order valence-corrected chi connectivity index (χ2v) is 7.41. The van der Waals surface area contributed by atoms with Crippen LogP contribution in [0, 0.1) is 23.7 Å². The summed E-state index contributed by atoms with van der Waals surface area (Å²) in [7, 11) is 0. The highest BCUT2D eigenvalue weighted by atomic mass is 16.5. The van der Waals surface area contributed by atoms with Gasteiger partial charge in [-0.05, 0) is 75.0 Å². The zero-order valence-electron chi connectivity index (χ0n) is 14.2. The lowest BCUT2D eigenvalue weighted by Crippen LogP contribution is -2.02. The van der Waals surface area contributed by atoms with E-state index in [1.54, 1.807) is 0 Å². The van der Waals surface area contributed by atoms with Gasteiger partial charge in [-0.25, -0.2) is 0 Å². The molecule has 22 heavy (non-hydrogen) atoms. The van der Waals surface area contributed by atoms with Gasteiger partial charge in [-0.15, -0.1) is 0 Å². The van der Waals surface area contributed by atoms with E-state index in [0.29, 0.717) is 6.42 Å². The molecule has 4 aliphatic rings. The van der Waals surface area contributed by atoms with Crippen molar-refractivity contribution in [3.63, 3.8) is 0 Å². The van der Waals surface area contributed by atoms with Crippen molar-refractivity contribution in [1.29, 1.82) is 0 Å². The van der Waals surface area contributed by atoms with Crippen LogP contribution in [0.3, 0.4) is 0 Å². The zero-order chi connectivity index (χ0) is 15.8. The predicted molar refractivity (Wildman–Crippen MR) is 92.3 cm³/mol. The number of fused-ring (bicyclic) bond motifs is 4. The lowest BCUT2D eigenvalue weighted by atomic mass is 10.1. The van der Waals surface area contributed by atoms with Gasteiger partial charge >= 0.3 is 0 Å². The predicted octanol–water partition coefficient (Wildman–Crippen LogP) is 4.82. The lowest BCUT2D eigenvalue weighted by Gasteiger charge is -1.99. The Labute approximate surface area is 136 Å². The van der Waals surface area contributed by atoms with E-state index in [9.17, 15) is 0 Å². The van der Waals surface area contributed by atoms with Gasteiger partial charge in [-0.1, -0.05) is 44.1 Å². The SMILES string of the molecule is C1=CC2CCC1C2.C1=CC2CCC1C2.CCCCCC(O)O. The molecule has 0 radical (unpaired) electrons. The number of allylic oxidation sites excluding steroid dienone is 4. The Balaban J connectivity index is 0.000000120. The molecule has 0 aliphatic heterocycles. The first kappa shape index (κ1) is 17.7. The largest absolute Gasteiger partial charge is 0.368 e. The summed E-state index contributed by atoms with van der Waals surface area (Å²) >= 11 is 0. The summed E-state index contributed by atoms with van der Waals surface area (Å²) in [5.74, 6) is 3.96. The van der Waals surface area contributed by atoms with Crippen LogP contribution in [0.25, 0.3) is 0 Å². The molecule has 0 amide bonds. The van der Waals surface area contributed by atoms with Crippen LogP contribution in [0.15, 0.2) is 24.3 Å². The van der Waals surface area contributed by atoms with Crippen molar-refractivity contribution in [2.45, 2.75) is 77.4 Å². The molecule has 0 aromatic carbocycles. The molecule has 2 fully saturated rings. The van der Waals surface area contributed by atoms with Crippen LogP contribution in [-0.4, -0.2) is 16.5 Å². The third-order valence-corrected chi connectivity index (χ3v) is 5.40. The molecule has 0 spiro atoms. The molecule has 4 aliphatic carbocycles. The van der Waals surface area contributed by atoms with Gasteiger partial charge in [0, 0.05) is 0 Å². The Morgan fingerprint density at radius 2 is 1.18 bits per heavy atom. The van der Waals surface area contributed by atoms with Crippen LogP contribution in [0.2, 0.25) is 0 Å². The second-order valence-electron chi connectivity index (χ2n) is 7.41. The highest BCUT2D eigenvalue weighted by molar-refractivity contribution is 5.07. The van der Waals surface area contributed by atoms with E-state index in [4.69, 9.17) is 10.2 Å². The second kappa shape index (κ2) is 9.52. The molecule has 4 unspecified atom stereocenters. The standard InChI is InChI=1S/2C7H10.C6H14O2/c2*1-2-7-4-3-6(1)5-7;1-2-3-4-5-6(7)8/h2*1-2,6-7H,3-5H2;6-8H,2-5H2,1H3. The van der Waals surface area contributed by atoms with Gasteiger partial charge in [-0.2, -0.15) is 0 Å². The van der Waals surface area contributed by atoms with Crippen LogP contribution in [0.1, 0.15) is 71.1 Å². The molecule has 0 saturated heterocycles. The first-order valence-electron chi connectivity index (χ1n) is 9.40. The molecule has 0 heterocycles. The Morgan fingerprint density at radius 3 is 1.36 bits per heavy atom. The van der Waals surface area contributed by atoms with Crippen LogP contribution in [0.5, 0.6) is 0 Å². The maximum Gasteiger partial charge on any atom is 0.151 e. The van der Waals surface area contributed by atoms with Crippen molar-refractivity contribution in [2.75, 3.05) is 0 Å². The summed E-state index contributed by atoms with van der Waals surface area (Å²) in [6.07, 6.45) is 20.9. The number of aliphatic hydroxyl groups is 2. The van der Waals surface area contributed by atoms with E-state index in [0.717, 1.165) is 42.9 Å². The van der Waals surface area contributed by atoms with Crippen molar-refractivity contribution in [3.8, 4) is 0 Å². The van der Waals surface area contributed by atoms with Crippen LogP contribution in [-0.2, 0) is 0 Å². The lowest BCUT2D eigenvalue weighted by molar-refractivity contribution is -0.0465. The summed E-state index contributed by atoms with van der Waals surface area (Å²) < 4.78 is 0. The van der Waals surface area contributed by atoms with E-state index in [-0.39, 0.29) is 0 Å². The van der Waals surface area contributed by atoms with Crippen LogP contribution in [0.4, 0.5) is 0 Å². The Morgan fingerprint density at radius 1 is 0.773 bits per heavy atom. The molecule has 2 nitrogen and oxygen atoms in total. The normalized spacial score (nSPS) is 32.9. The quantitative estimate of drug-likeness (QED) is 0.444. The highest BCUT2D eigenvalue weighted by Crippen LogP contribution is 2.38. The third kappa shape index (κ3) is 6.26. The molecule has 2 N–H and O–H groups in total. The molecule has 2 saturated carbocycles. The summed E-state index contributed by atoms with van der Waals surface area (Å²) in [5.41, 5.74) is 0. The fourth-order valence-corrected chi connectivity index (χ4v) is 4.01. The van der Waals surface area contributed by atoms with E-state index < -0.39 is 6.29 Å². The van der Waals surface area contributed by atoms with Gasteiger partial charge in [0.05, 0.1) is 0 Å². The average Bonchev–Trinajstić information content (AvgIpc) is 3.30. The number of unbranched alkanes of at least 4 members (excludes halogenated alkanes) is 2. The van der Waals surface area contributed by atoms with Crippen molar-refractivity contribution in [2.24, 2.45) is 23.7 Å². The highest BCUT2D eigenvalue weighted by Gasteiger charge is 2.25. The summed E-state index contributed by atoms with van der Waals surface area (Å²) in [5, 5.41) is 16.7. The summed E-state index contributed by atoms with van der Waals surface area (Å²) in [4.78, 5) is 0. The maximum atomic E-state index is 8.33. The molecule has 4 rings (SSSR count). The Bertz CT molecular complexity index is 307. The number of hydrogen-bond acceptors (Lipinski definition) is 2. The number of aliphatic hydroxyl groups excluding tert-OH is 1. The molecule has 2 heteroatoms. The third-order valence-electron chi connectivity index (χ3n) is 5.40. The van der Waals surface area contributed by atoms with Crippen molar-refractivity contribution < 1.29 is 10.2 Å². The van der Waals surface area contributed by atoms with Gasteiger partial charge in [-0.3, -0.25) is 0 Å². The zero-order valence-corrected chi connectivity index (χ0v) is 14.2.